The monoisotopic (exact) mass is 361 g/mol. The van der Waals surface area contributed by atoms with Gasteiger partial charge in [-0.1, -0.05) is 63.3 Å². The van der Waals surface area contributed by atoms with Crippen molar-refractivity contribution < 1.29 is 9.47 Å². The summed E-state index contributed by atoms with van der Waals surface area (Å²) in [4.78, 5) is 2.37. The highest BCUT2D eigenvalue weighted by Crippen LogP contribution is 2.21. The molecule has 0 atom stereocenters. The van der Waals surface area contributed by atoms with E-state index in [4.69, 9.17) is 9.47 Å². The molecule has 0 radical (unpaired) electrons. The minimum Gasteiger partial charge on any atom is -0.350 e. The number of ether oxygens (including phenoxy) is 2. The van der Waals surface area contributed by atoms with E-state index in [-0.39, 0.29) is 0 Å². The summed E-state index contributed by atoms with van der Waals surface area (Å²) in [7, 11) is 2.18. The lowest BCUT2D eigenvalue weighted by Crippen LogP contribution is -2.42. The maximum Gasteiger partial charge on any atom is 0.162 e. The van der Waals surface area contributed by atoms with E-state index in [1.54, 1.807) is 0 Å². The Labute approximate surface area is 161 Å². The second-order valence-electron chi connectivity index (χ2n) is 8.42. The fraction of sp³-hybridized carbons (Fsp3) is 0.739. The zero-order chi connectivity index (χ0) is 18.8. The average molecular weight is 362 g/mol. The second-order valence-corrected chi connectivity index (χ2v) is 8.42. The molecule has 0 amide bonds. The number of aryl methyl sites for hydroxylation is 1. The van der Waals surface area contributed by atoms with Crippen LogP contribution in [0, 0.1) is 5.92 Å². The van der Waals surface area contributed by atoms with Crippen LogP contribution in [0.4, 0.5) is 0 Å². The zero-order valence-corrected chi connectivity index (χ0v) is 17.4. The Bertz CT molecular complexity index is 487. The van der Waals surface area contributed by atoms with E-state index in [1.165, 1.54) is 56.1 Å². The van der Waals surface area contributed by atoms with Crippen LogP contribution in [0.5, 0.6) is 0 Å². The molecular weight excluding hydrogens is 322 g/mol. The standard InChI is InChI=1S/C23H39NO2/c1-5-6-7-8-9-10-11-20-12-14-21(15-13-20)16-24(4)17-22-18-25-23(2,3)26-19-22/h12-15,22H,5-11,16-19H2,1-4H3. The van der Waals surface area contributed by atoms with Crippen molar-refractivity contribution in [1.29, 1.82) is 0 Å². The van der Waals surface area contributed by atoms with Gasteiger partial charge in [-0.05, 0) is 44.9 Å². The molecule has 0 spiro atoms. The van der Waals surface area contributed by atoms with Gasteiger partial charge in [-0.25, -0.2) is 0 Å². The largest absolute Gasteiger partial charge is 0.350 e. The van der Waals surface area contributed by atoms with Gasteiger partial charge in [-0.2, -0.15) is 0 Å². The predicted molar refractivity (Wildman–Crippen MR) is 109 cm³/mol. The molecule has 0 aromatic heterocycles. The van der Waals surface area contributed by atoms with Crippen molar-refractivity contribution in [2.75, 3.05) is 26.8 Å². The van der Waals surface area contributed by atoms with Gasteiger partial charge in [0.25, 0.3) is 0 Å². The van der Waals surface area contributed by atoms with E-state index < -0.39 is 5.79 Å². The Balaban J connectivity index is 1.65. The van der Waals surface area contributed by atoms with Crippen molar-refractivity contribution in [3.8, 4) is 0 Å². The van der Waals surface area contributed by atoms with Gasteiger partial charge in [0.2, 0.25) is 0 Å². The number of benzene rings is 1. The highest BCUT2D eigenvalue weighted by molar-refractivity contribution is 5.22. The summed E-state index contributed by atoms with van der Waals surface area (Å²) in [6.07, 6.45) is 9.41. The van der Waals surface area contributed by atoms with Crippen LogP contribution in [-0.2, 0) is 22.4 Å². The highest BCUT2D eigenvalue weighted by atomic mass is 16.7. The molecule has 1 aromatic carbocycles. The van der Waals surface area contributed by atoms with E-state index >= 15 is 0 Å². The topological polar surface area (TPSA) is 21.7 Å². The van der Waals surface area contributed by atoms with Gasteiger partial charge in [-0.3, -0.25) is 0 Å². The molecule has 1 aromatic rings. The van der Waals surface area contributed by atoms with Crippen molar-refractivity contribution in [1.82, 2.24) is 4.90 Å². The molecule has 1 saturated heterocycles. The Kier molecular flexibility index (Phi) is 9.10. The number of hydrogen-bond donors (Lipinski definition) is 0. The lowest BCUT2D eigenvalue weighted by Gasteiger charge is -2.36. The first kappa shape index (κ1) is 21.4. The number of nitrogens with zero attached hydrogens (tertiary/aromatic N) is 1. The molecule has 1 fully saturated rings. The first-order valence-corrected chi connectivity index (χ1v) is 10.5. The summed E-state index contributed by atoms with van der Waals surface area (Å²) in [5, 5.41) is 0. The van der Waals surface area contributed by atoms with Crippen LogP contribution in [0.25, 0.3) is 0 Å². The molecule has 1 heterocycles. The maximum atomic E-state index is 5.76. The van der Waals surface area contributed by atoms with Crippen molar-refractivity contribution >= 4 is 0 Å². The van der Waals surface area contributed by atoms with Crippen LogP contribution < -0.4 is 0 Å². The molecule has 2 rings (SSSR count). The lowest BCUT2D eigenvalue weighted by molar-refractivity contribution is -0.263. The number of unbranched alkanes of at least 4 members (excludes halogenated alkanes) is 5. The Hall–Kier alpha value is -0.900. The first-order valence-electron chi connectivity index (χ1n) is 10.5. The third-order valence-corrected chi connectivity index (χ3v) is 5.20. The van der Waals surface area contributed by atoms with Crippen molar-refractivity contribution in [2.45, 2.75) is 78.0 Å². The van der Waals surface area contributed by atoms with E-state index in [2.05, 4.69) is 43.1 Å². The molecule has 3 heteroatoms. The average Bonchev–Trinajstić information content (AvgIpc) is 2.61. The SMILES string of the molecule is CCCCCCCCc1ccc(CN(C)CC2COC(C)(C)OC2)cc1. The van der Waals surface area contributed by atoms with Crippen LogP contribution >= 0.6 is 0 Å². The number of rotatable bonds is 11. The molecule has 0 unspecified atom stereocenters. The van der Waals surface area contributed by atoms with E-state index in [1.807, 2.05) is 13.8 Å². The van der Waals surface area contributed by atoms with Crippen LogP contribution in [-0.4, -0.2) is 37.5 Å². The summed E-state index contributed by atoms with van der Waals surface area (Å²) in [5.41, 5.74) is 2.86. The smallest absolute Gasteiger partial charge is 0.162 e. The van der Waals surface area contributed by atoms with Crippen molar-refractivity contribution in [2.24, 2.45) is 5.92 Å². The zero-order valence-electron chi connectivity index (χ0n) is 17.4. The first-order chi connectivity index (χ1) is 12.5. The molecule has 3 nitrogen and oxygen atoms in total. The predicted octanol–water partition coefficient (Wildman–Crippen LogP) is 5.42. The van der Waals surface area contributed by atoms with Crippen LogP contribution in [0.15, 0.2) is 24.3 Å². The van der Waals surface area contributed by atoms with Gasteiger partial charge in [0.15, 0.2) is 5.79 Å². The number of hydrogen-bond acceptors (Lipinski definition) is 3. The van der Waals surface area contributed by atoms with E-state index in [0.29, 0.717) is 5.92 Å². The molecule has 0 N–H and O–H groups in total. The molecular formula is C23H39NO2. The fourth-order valence-corrected chi connectivity index (χ4v) is 3.57. The van der Waals surface area contributed by atoms with E-state index in [9.17, 15) is 0 Å². The minimum atomic E-state index is -0.416. The van der Waals surface area contributed by atoms with Gasteiger partial charge in [0.1, 0.15) is 0 Å². The van der Waals surface area contributed by atoms with Crippen LogP contribution in [0.1, 0.15) is 70.4 Å². The van der Waals surface area contributed by atoms with Crippen LogP contribution in [0.2, 0.25) is 0 Å². The molecule has 1 aliphatic heterocycles. The third-order valence-electron chi connectivity index (χ3n) is 5.20. The Morgan fingerprint density at radius 1 is 0.923 bits per heavy atom. The van der Waals surface area contributed by atoms with Gasteiger partial charge in [0.05, 0.1) is 13.2 Å². The van der Waals surface area contributed by atoms with Gasteiger partial charge < -0.3 is 14.4 Å². The normalized spacial score (nSPS) is 17.7. The van der Waals surface area contributed by atoms with Gasteiger partial charge in [0, 0.05) is 19.0 Å². The molecule has 0 aliphatic carbocycles. The fourth-order valence-electron chi connectivity index (χ4n) is 3.57. The quantitative estimate of drug-likeness (QED) is 0.491. The molecule has 1 aliphatic rings. The molecule has 0 saturated carbocycles. The highest BCUT2D eigenvalue weighted by Gasteiger charge is 2.28. The molecule has 26 heavy (non-hydrogen) atoms. The second kappa shape index (κ2) is 11.1. The van der Waals surface area contributed by atoms with Crippen molar-refractivity contribution in [3.63, 3.8) is 0 Å². The maximum absolute atomic E-state index is 5.76. The third kappa shape index (κ3) is 8.20. The Morgan fingerprint density at radius 2 is 1.50 bits per heavy atom. The van der Waals surface area contributed by atoms with Gasteiger partial charge in [-0.15, -0.1) is 0 Å². The summed E-state index contributed by atoms with van der Waals surface area (Å²) >= 11 is 0. The molecule has 0 bridgehead atoms. The minimum absolute atomic E-state index is 0.416. The lowest BCUT2D eigenvalue weighted by atomic mass is 10.0. The summed E-state index contributed by atoms with van der Waals surface area (Å²) in [6.45, 7) is 9.81. The summed E-state index contributed by atoms with van der Waals surface area (Å²) < 4.78 is 11.5. The van der Waals surface area contributed by atoms with Gasteiger partial charge >= 0.3 is 0 Å². The molecule has 148 valence electrons. The van der Waals surface area contributed by atoms with E-state index in [0.717, 1.165) is 26.3 Å². The van der Waals surface area contributed by atoms with Crippen LogP contribution in [0.3, 0.4) is 0 Å². The summed E-state index contributed by atoms with van der Waals surface area (Å²) in [6, 6.07) is 9.20. The Morgan fingerprint density at radius 3 is 2.15 bits per heavy atom. The summed E-state index contributed by atoms with van der Waals surface area (Å²) in [5.74, 6) is 0.0426. The van der Waals surface area contributed by atoms with Crippen molar-refractivity contribution in [3.05, 3.63) is 35.4 Å².